The van der Waals surface area contributed by atoms with Gasteiger partial charge in [-0.15, -0.1) is 0 Å². The van der Waals surface area contributed by atoms with Gasteiger partial charge in [-0.1, -0.05) is 0 Å². The maximum absolute atomic E-state index is 11.2. The third-order valence-corrected chi connectivity index (χ3v) is 3.06. The van der Waals surface area contributed by atoms with Crippen molar-refractivity contribution >= 4 is 23.5 Å². The smallest absolute Gasteiger partial charge is 0.289 e. The standard InChI is InChI=1S/C8H14N2O2S/c1-5(9)7(11)8(12)10-6-2-3-13-4-6/h5-6H,2-4,9H2,1H3,(H,10,12). The Bertz CT molecular complexity index is 212. The monoisotopic (exact) mass is 202 g/mol. The molecule has 0 aliphatic carbocycles. The first-order chi connectivity index (χ1) is 6.11. The summed E-state index contributed by atoms with van der Waals surface area (Å²) in [6.07, 6.45) is 0.947. The molecule has 74 valence electrons. The molecule has 1 heterocycles. The summed E-state index contributed by atoms with van der Waals surface area (Å²) in [4.78, 5) is 22.3. The number of carbonyl (C=O) groups excluding carboxylic acids is 2. The number of carbonyl (C=O) groups is 2. The molecule has 0 bridgehead atoms. The fourth-order valence-electron chi connectivity index (χ4n) is 1.11. The van der Waals surface area contributed by atoms with E-state index in [0.717, 1.165) is 17.9 Å². The van der Waals surface area contributed by atoms with Crippen LogP contribution in [0.5, 0.6) is 0 Å². The third-order valence-electron chi connectivity index (χ3n) is 1.90. The quantitative estimate of drug-likeness (QED) is 0.607. The van der Waals surface area contributed by atoms with Gasteiger partial charge < -0.3 is 11.1 Å². The molecule has 1 fully saturated rings. The van der Waals surface area contributed by atoms with E-state index in [1.165, 1.54) is 6.92 Å². The molecule has 0 spiro atoms. The fourth-order valence-corrected chi connectivity index (χ4v) is 2.26. The Balaban J connectivity index is 2.35. The Morgan fingerprint density at radius 1 is 1.62 bits per heavy atom. The van der Waals surface area contributed by atoms with Crippen molar-refractivity contribution in [2.75, 3.05) is 11.5 Å². The third kappa shape index (κ3) is 3.00. The lowest BCUT2D eigenvalue weighted by Crippen LogP contribution is -2.45. The zero-order valence-corrected chi connectivity index (χ0v) is 8.39. The van der Waals surface area contributed by atoms with Crippen molar-refractivity contribution in [2.45, 2.75) is 25.4 Å². The lowest BCUT2D eigenvalue weighted by Gasteiger charge is -2.11. The van der Waals surface area contributed by atoms with Gasteiger partial charge in [0.25, 0.3) is 5.91 Å². The zero-order valence-electron chi connectivity index (χ0n) is 7.58. The van der Waals surface area contributed by atoms with Gasteiger partial charge >= 0.3 is 0 Å². The fraction of sp³-hybridized carbons (Fsp3) is 0.750. The summed E-state index contributed by atoms with van der Waals surface area (Å²) < 4.78 is 0. The Morgan fingerprint density at radius 3 is 2.77 bits per heavy atom. The minimum absolute atomic E-state index is 0.153. The zero-order chi connectivity index (χ0) is 9.84. The van der Waals surface area contributed by atoms with Crippen molar-refractivity contribution in [3.8, 4) is 0 Å². The number of rotatable bonds is 3. The predicted octanol–water partition coefficient (Wildman–Crippen LogP) is -0.476. The summed E-state index contributed by atoms with van der Waals surface area (Å²) in [5.74, 6) is 0.884. The maximum Gasteiger partial charge on any atom is 0.289 e. The molecule has 1 rings (SSSR count). The van der Waals surface area contributed by atoms with E-state index >= 15 is 0 Å². The average molecular weight is 202 g/mol. The van der Waals surface area contributed by atoms with Gasteiger partial charge in [0.05, 0.1) is 6.04 Å². The van der Waals surface area contributed by atoms with Gasteiger partial charge in [0.2, 0.25) is 5.78 Å². The number of nitrogens with one attached hydrogen (secondary N) is 1. The lowest BCUT2D eigenvalue weighted by atomic mass is 10.2. The van der Waals surface area contributed by atoms with Crippen molar-refractivity contribution in [3.63, 3.8) is 0 Å². The van der Waals surface area contributed by atoms with E-state index in [9.17, 15) is 9.59 Å². The van der Waals surface area contributed by atoms with E-state index in [4.69, 9.17) is 5.73 Å². The van der Waals surface area contributed by atoms with Crippen molar-refractivity contribution < 1.29 is 9.59 Å². The highest BCUT2D eigenvalue weighted by Crippen LogP contribution is 2.16. The molecule has 1 saturated heterocycles. The molecular formula is C8H14N2O2S. The molecule has 0 aromatic carbocycles. The van der Waals surface area contributed by atoms with Gasteiger partial charge in [0.15, 0.2) is 0 Å². The van der Waals surface area contributed by atoms with E-state index in [-0.39, 0.29) is 6.04 Å². The lowest BCUT2D eigenvalue weighted by molar-refractivity contribution is -0.138. The Kier molecular flexibility index (Phi) is 3.74. The van der Waals surface area contributed by atoms with E-state index in [1.54, 1.807) is 11.8 Å². The van der Waals surface area contributed by atoms with Crippen LogP contribution in [0.3, 0.4) is 0 Å². The minimum Gasteiger partial charge on any atom is -0.346 e. The summed E-state index contributed by atoms with van der Waals surface area (Å²) in [5.41, 5.74) is 5.30. The first-order valence-corrected chi connectivity index (χ1v) is 5.44. The highest BCUT2D eigenvalue weighted by Gasteiger charge is 2.23. The summed E-state index contributed by atoms with van der Waals surface area (Å²) in [7, 11) is 0. The first-order valence-electron chi connectivity index (χ1n) is 4.29. The summed E-state index contributed by atoms with van der Waals surface area (Å²) >= 11 is 1.79. The number of nitrogens with two attached hydrogens (primary N) is 1. The Labute approximate surface area is 81.6 Å². The highest BCUT2D eigenvalue weighted by atomic mass is 32.2. The molecule has 1 aliphatic rings. The largest absolute Gasteiger partial charge is 0.346 e. The summed E-state index contributed by atoms with van der Waals surface area (Å²) in [6, 6.07) is -0.547. The van der Waals surface area contributed by atoms with Crippen molar-refractivity contribution in [1.29, 1.82) is 0 Å². The van der Waals surface area contributed by atoms with Gasteiger partial charge in [-0.3, -0.25) is 9.59 Å². The molecule has 1 aliphatic heterocycles. The van der Waals surface area contributed by atoms with Gasteiger partial charge in [0.1, 0.15) is 0 Å². The van der Waals surface area contributed by atoms with E-state index in [0.29, 0.717) is 0 Å². The minimum atomic E-state index is -0.700. The van der Waals surface area contributed by atoms with E-state index < -0.39 is 17.7 Å². The predicted molar refractivity (Wildman–Crippen MR) is 52.5 cm³/mol. The average Bonchev–Trinajstić information content (AvgIpc) is 2.55. The molecule has 3 N–H and O–H groups in total. The molecule has 2 atom stereocenters. The molecule has 13 heavy (non-hydrogen) atoms. The second kappa shape index (κ2) is 4.62. The number of ketones is 1. The summed E-state index contributed by atoms with van der Waals surface area (Å²) in [6.45, 7) is 1.52. The van der Waals surface area contributed by atoms with Crippen LogP contribution in [-0.2, 0) is 9.59 Å². The van der Waals surface area contributed by atoms with Crippen LogP contribution in [0.15, 0.2) is 0 Å². The maximum atomic E-state index is 11.2. The molecule has 5 heteroatoms. The topological polar surface area (TPSA) is 72.2 Å². The summed E-state index contributed by atoms with van der Waals surface area (Å²) in [5, 5.41) is 2.67. The van der Waals surface area contributed by atoms with Crippen LogP contribution in [0, 0.1) is 0 Å². The van der Waals surface area contributed by atoms with E-state index in [2.05, 4.69) is 5.32 Å². The van der Waals surface area contributed by atoms with Crippen LogP contribution in [0.25, 0.3) is 0 Å². The molecule has 0 aromatic rings. The number of hydrogen-bond donors (Lipinski definition) is 2. The number of amides is 1. The van der Waals surface area contributed by atoms with Crippen molar-refractivity contribution in [3.05, 3.63) is 0 Å². The first kappa shape index (κ1) is 10.5. The number of hydrogen-bond acceptors (Lipinski definition) is 4. The normalized spacial score (nSPS) is 24.0. The number of thioether (sulfide) groups is 1. The van der Waals surface area contributed by atoms with Crippen molar-refractivity contribution in [1.82, 2.24) is 5.32 Å². The Hall–Kier alpha value is -0.550. The second-order valence-electron chi connectivity index (χ2n) is 3.19. The van der Waals surface area contributed by atoms with Crippen molar-refractivity contribution in [2.24, 2.45) is 5.73 Å². The Morgan fingerprint density at radius 2 is 2.31 bits per heavy atom. The molecule has 2 unspecified atom stereocenters. The second-order valence-corrected chi connectivity index (χ2v) is 4.34. The molecule has 0 radical (unpaired) electrons. The molecule has 4 nitrogen and oxygen atoms in total. The molecule has 0 aromatic heterocycles. The van der Waals surface area contributed by atoms with Gasteiger partial charge in [-0.2, -0.15) is 11.8 Å². The van der Waals surface area contributed by atoms with Gasteiger partial charge in [-0.25, -0.2) is 0 Å². The highest BCUT2D eigenvalue weighted by molar-refractivity contribution is 7.99. The van der Waals surface area contributed by atoms with Gasteiger partial charge in [0, 0.05) is 11.8 Å². The molecule has 0 saturated carbocycles. The number of Topliss-reactive ketones (excluding diaryl/α,β-unsaturated/α-hetero) is 1. The van der Waals surface area contributed by atoms with Gasteiger partial charge in [-0.05, 0) is 19.1 Å². The van der Waals surface area contributed by atoms with E-state index in [1.807, 2.05) is 0 Å². The van der Waals surface area contributed by atoms with Crippen LogP contribution in [0.1, 0.15) is 13.3 Å². The van der Waals surface area contributed by atoms with Crippen LogP contribution in [0.2, 0.25) is 0 Å². The van der Waals surface area contributed by atoms with Crippen LogP contribution >= 0.6 is 11.8 Å². The molecular weight excluding hydrogens is 188 g/mol. The van der Waals surface area contributed by atoms with Crippen LogP contribution < -0.4 is 11.1 Å². The van der Waals surface area contributed by atoms with Crippen LogP contribution in [-0.4, -0.2) is 35.3 Å². The molecule has 1 amide bonds. The van der Waals surface area contributed by atoms with Crippen LogP contribution in [0.4, 0.5) is 0 Å². The SMILES string of the molecule is CC(N)C(=O)C(=O)NC1CCSC1.